The Kier molecular flexibility index (Phi) is 4.90. The van der Waals surface area contributed by atoms with Crippen molar-refractivity contribution < 1.29 is 19.1 Å². The fraction of sp³-hybridized carbons (Fsp3) is 0.0455. The molecule has 1 heterocycles. The maximum absolute atomic E-state index is 12.9. The molecule has 6 nitrogen and oxygen atoms in total. The van der Waals surface area contributed by atoms with Gasteiger partial charge in [-0.3, -0.25) is 14.4 Å². The molecule has 0 fully saturated rings. The molecule has 1 N–H and O–H groups in total. The summed E-state index contributed by atoms with van der Waals surface area (Å²) < 4.78 is 5.81. The van der Waals surface area contributed by atoms with Crippen molar-refractivity contribution in [1.29, 1.82) is 0 Å². The number of carbonyl (C=O) groups excluding carboxylic acids is 3. The van der Waals surface area contributed by atoms with Crippen molar-refractivity contribution >= 4 is 45.0 Å². The van der Waals surface area contributed by atoms with E-state index in [2.05, 4.69) is 21.2 Å². The molecule has 0 saturated heterocycles. The Balaban J connectivity index is 1.66. The van der Waals surface area contributed by atoms with Crippen LogP contribution < -0.4 is 15.0 Å². The van der Waals surface area contributed by atoms with E-state index in [4.69, 9.17) is 4.74 Å². The molecule has 4 rings (SSSR count). The van der Waals surface area contributed by atoms with Crippen molar-refractivity contribution in [1.82, 2.24) is 0 Å². The minimum atomic E-state index is -0.433. The molecule has 0 spiro atoms. The molecule has 0 bridgehead atoms. The molecule has 0 atom stereocenters. The minimum absolute atomic E-state index is 0.316. The third-order valence-corrected chi connectivity index (χ3v) is 5.09. The lowest BCUT2D eigenvalue weighted by molar-refractivity contribution is 0.0924. The number of ether oxygens (including phenoxy) is 1. The average molecular weight is 451 g/mol. The summed E-state index contributed by atoms with van der Waals surface area (Å²) in [5, 5.41) is 2.79. The van der Waals surface area contributed by atoms with Crippen LogP contribution >= 0.6 is 15.9 Å². The van der Waals surface area contributed by atoms with Crippen molar-refractivity contribution in [3.63, 3.8) is 0 Å². The highest BCUT2D eigenvalue weighted by Crippen LogP contribution is 2.34. The predicted molar refractivity (Wildman–Crippen MR) is 113 cm³/mol. The Labute approximate surface area is 175 Å². The fourth-order valence-corrected chi connectivity index (χ4v) is 3.50. The molecule has 1 aliphatic rings. The monoisotopic (exact) mass is 450 g/mol. The standard InChI is InChI=1S/C22H15BrN2O4/c1-29-15-9-6-13(7-10-15)20(26)24-18-4-2-3-5-19(18)25-21(27)16-11-8-14(23)12-17(16)22(25)28/h2-12H,1H3,(H,24,26). The van der Waals surface area contributed by atoms with Gasteiger partial charge in [-0.2, -0.15) is 0 Å². The number of benzene rings is 3. The van der Waals surface area contributed by atoms with Crippen molar-refractivity contribution in [3.8, 4) is 5.75 Å². The van der Waals surface area contributed by atoms with E-state index in [0.29, 0.717) is 38.3 Å². The van der Waals surface area contributed by atoms with Gasteiger partial charge in [0.2, 0.25) is 0 Å². The highest BCUT2D eigenvalue weighted by atomic mass is 79.9. The third kappa shape index (κ3) is 3.40. The number of anilines is 2. The average Bonchev–Trinajstić information content (AvgIpc) is 2.98. The first-order chi connectivity index (χ1) is 14.0. The Morgan fingerprint density at radius 2 is 1.62 bits per heavy atom. The molecular weight excluding hydrogens is 436 g/mol. The molecule has 3 aromatic carbocycles. The van der Waals surface area contributed by atoms with Crippen LogP contribution in [0.5, 0.6) is 5.75 Å². The van der Waals surface area contributed by atoms with E-state index in [1.165, 1.54) is 0 Å². The largest absolute Gasteiger partial charge is 0.497 e. The first-order valence-electron chi connectivity index (χ1n) is 8.72. The number of nitrogens with one attached hydrogen (secondary N) is 1. The molecule has 0 unspecified atom stereocenters. The molecular formula is C22H15BrN2O4. The van der Waals surface area contributed by atoms with Gasteiger partial charge in [-0.25, -0.2) is 4.90 Å². The number of nitrogens with zero attached hydrogens (tertiary/aromatic N) is 1. The summed E-state index contributed by atoms with van der Waals surface area (Å²) in [7, 11) is 1.55. The number of imide groups is 1. The van der Waals surface area contributed by atoms with Crippen molar-refractivity contribution in [2.24, 2.45) is 0 Å². The number of hydrogen-bond acceptors (Lipinski definition) is 4. The number of halogens is 1. The van der Waals surface area contributed by atoms with E-state index >= 15 is 0 Å². The molecule has 144 valence electrons. The van der Waals surface area contributed by atoms with E-state index in [1.807, 2.05) is 0 Å². The Morgan fingerprint density at radius 3 is 2.34 bits per heavy atom. The van der Waals surface area contributed by atoms with E-state index in [9.17, 15) is 14.4 Å². The second-order valence-corrected chi connectivity index (χ2v) is 7.25. The number of para-hydroxylation sites is 2. The van der Waals surface area contributed by atoms with Gasteiger partial charge in [0.25, 0.3) is 17.7 Å². The van der Waals surface area contributed by atoms with Gasteiger partial charge in [0.1, 0.15) is 5.75 Å². The van der Waals surface area contributed by atoms with Crippen LogP contribution in [-0.2, 0) is 0 Å². The molecule has 3 amide bonds. The molecule has 0 aliphatic carbocycles. The lowest BCUT2D eigenvalue weighted by atomic mass is 10.1. The smallest absolute Gasteiger partial charge is 0.266 e. The highest BCUT2D eigenvalue weighted by Gasteiger charge is 2.37. The number of rotatable bonds is 4. The van der Waals surface area contributed by atoms with Crippen LogP contribution in [0.1, 0.15) is 31.1 Å². The molecule has 29 heavy (non-hydrogen) atoms. The van der Waals surface area contributed by atoms with Gasteiger partial charge in [0.05, 0.1) is 29.6 Å². The maximum atomic E-state index is 12.9. The molecule has 0 aromatic heterocycles. The minimum Gasteiger partial charge on any atom is -0.497 e. The van der Waals surface area contributed by atoms with Crippen molar-refractivity contribution in [3.05, 3.63) is 87.9 Å². The van der Waals surface area contributed by atoms with Gasteiger partial charge in [-0.05, 0) is 54.6 Å². The fourth-order valence-electron chi connectivity index (χ4n) is 3.14. The molecule has 0 radical (unpaired) electrons. The summed E-state index contributed by atoms with van der Waals surface area (Å²) in [5.41, 5.74) is 1.75. The number of amides is 3. The second kappa shape index (κ2) is 7.52. The van der Waals surface area contributed by atoms with Gasteiger partial charge >= 0.3 is 0 Å². The zero-order valence-corrected chi connectivity index (χ0v) is 16.9. The molecule has 1 aliphatic heterocycles. The predicted octanol–water partition coefficient (Wildman–Crippen LogP) is 4.51. The summed E-state index contributed by atoms with van der Waals surface area (Å²) in [4.78, 5) is 39.5. The molecule has 0 saturated carbocycles. The summed E-state index contributed by atoms with van der Waals surface area (Å²) in [6.45, 7) is 0. The first-order valence-corrected chi connectivity index (χ1v) is 9.51. The zero-order valence-electron chi connectivity index (χ0n) is 15.3. The SMILES string of the molecule is COc1ccc(C(=O)Nc2ccccc2N2C(=O)c3ccc(Br)cc3C2=O)cc1. The van der Waals surface area contributed by atoms with E-state index in [0.717, 1.165) is 4.90 Å². The number of carbonyl (C=O) groups is 3. The van der Waals surface area contributed by atoms with Crippen LogP contribution in [0.25, 0.3) is 0 Å². The van der Waals surface area contributed by atoms with E-state index in [1.54, 1.807) is 73.8 Å². The summed E-state index contributed by atoms with van der Waals surface area (Å²) in [6, 6.07) is 18.3. The van der Waals surface area contributed by atoms with E-state index < -0.39 is 11.8 Å². The summed E-state index contributed by atoms with van der Waals surface area (Å²) >= 11 is 3.32. The van der Waals surface area contributed by atoms with Gasteiger partial charge in [-0.15, -0.1) is 0 Å². The number of fused-ring (bicyclic) bond motifs is 1. The van der Waals surface area contributed by atoms with Gasteiger partial charge < -0.3 is 10.1 Å². The first kappa shape index (κ1) is 18.9. The molecule has 7 heteroatoms. The second-order valence-electron chi connectivity index (χ2n) is 6.34. The van der Waals surface area contributed by atoms with Gasteiger partial charge in [0.15, 0.2) is 0 Å². The zero-order chi connectivity index (χ0) is 20.5. The molecule has 3 aromatic rings. The van der Waals surface area contributed by atoms with Crippen LogP contribution in [0.4, 0.5) is 11.4 Å². The summed E-state index contributed by atoms with van der Waals surface area (Å²) in [6.07, 6.45) is 0. The lowest BCUT2D eigenvalue weighted by Crippen LogP contribution is -2.30. The van der Waals surface area contributed by atoms with Crippen LogP contribution in [-0.4, -0.2) is 24.8 Å². The van der Waals surface area contributed by atoms with Gasteiger partial charge in [-0.1, -0.05) is 28.1 Å². The topological polar surface area (TPSA) is 75.7 Å². The maximum Gasteiger partial charge on any atom is 0.266 e. The number of hydrogen-bond donors (Lipinski definition) is 1. The van der Waals surface area contributed by atoms with Gasteiger partial charge in [0, 0.05) is 10.0 Å². The normalized spacial score (nSPS) is 12.7. The third-order valence-electron chi connectivity index (χ3n) is 4.59. The van der Waals surface area contributed by atoms with Crippen LogP contribution in [0.2, 0.25) is 0 Å². The van der Waals surface area contributed by atoms with Crippen LogP contribution in [0, 0.1) is 0 Å². The Hall–Kier alpha value is -3.45. The highest BCUT2D eigenvalue weighted by molar-refractivity contribution is 9.10. The lowest BCUT2D eigenvalue weighted by Gasteiger charge is -2.18. The van der Waals surface area contributed by atoms with E-state index in [-0.39, 0.29) is 5.91 Å². The van der Waals surface area contributed by atoms with Crippen LogP contribution in [0.3, 0.4) is 0 Å². The Morgan fingerprint density at radius 1 is 0.931 bits per heavy atom. The van der Waals surface area contributed by atoms with Crippen molar-refractivity contribution in [2.45, 2.75) is 0 Å². The number of methoxy groups -OCH3 is 1. The quantitative estimate of drug-likeness (QED) is 0.593. The van der Waals surface area contributed by atoms with Crippen molar-refractivity contribution in [2.75, 3.05) is 17.3 Å². The Bertz CT molecular complexity index is 1140. The summed E-state index contributed by atoms with van der Waals surface area (Å²) in [5.74, 6) is -0.584. The van der Waals surface area contributed by atoms with Crippen LogP contribution in [0.15, 0.2) is 71.2 Å².